The fourth-order valence-corrected chi connectivity index (χ4v) is 2.86. The average Bonchev–Trinajstić information content (AvgIpc) is 2.74. The van der Waals surface area contributed by atoms with E-state index in [0.29, 0.717) is 5.92 Å². The van der Waals surface area contributed by atoms with E-state index in [0.717, 1.165) is 30.3 Å². The highest BCUT2D eigenvalue weighted by Crippen LogP contribution is 2.20. The molecule has 0 saturated carbocycles. The maximum absolute atomic E-state index is 6.01. The van der Waals surface area contributed by atoms with Crippen molar-refractivity contribution in [3.05, 3.63) is 24.0 Å². The van der Waals surface area contributed by atoms with E-state index in [-0.39, 0.29) is 0 Å². The zero-order valence-electron chi connectivity index (χ0n) is 10.7. The second-order valence-corrected chi connectivity index (χ2v) is 5.24. The van der Waals surface area contributed by atoms with Gasteiger partial charge in [-0.2, -0.15) is 0 Å². The number of piperidine rings is 1. The first-order valence-corrected chi connectivity index (χ1v) is 6.51. The van der Waals surface area contributed by atoms with Crippen LogP contribution < -0.4 is 5.73 Å². The molecule has 1 fully saturated rings. The van der Waals surface area contributed by atoms with Gasteiger partial charge in [-0.15, -0.1) is 10.2 Å². The molecule has 5 nitrogen and oxygen atoms in total. The van der Waals surface area contributed by atoms with Gasteiger partial charge in [0.15, 0.2) is 5.65 Å². The Kier molecular flexibility index (Phi) is 2.91. The molecule has 5 heteroatoms. The number of hydrogen-bond donors (Lipinski definition) is 1. The summed E-state index contributed by atoms with van der Waals surface area (Å²) >= 11 is 0. The number of rotatable bonds is 2. The summed E-state index contributed by atoms with van der Waals surface area (Å²) < 4.78 is 1.97. The molecule has 0 spiro atoms. The van der Waals surface area contributed by atoms with Crippen LogP contribution >= 0.6 is 0 Å². The Labute approximate surface area is 107 Å². The van der Waals surface area contributed by atoms with Gasteiger partial charge >= 0.3 is 0 Å². The van der Waals surface area contributed by atoms with Gasteiger partial charge in [0.25, 0.3) is 0 Å². The number of nitrogens with zero attached hydrogens (tertiary/aromatic N) is 4. The van der Waals surface area contributed by atoms with E-state index >= 15 is 0 Å². The van der Waals surface area contributed by atoms with Crippen LogP contribution in [0.1, 0.15) is 18.7 Å². The van der Waals surface area contributed by atoms with E-state index in [2.05, 4.69) is 22.1 Å². The molecule has 2 aromatic rings. The molecule has 18 heavy (non-hydrogen) atoms. The predicted octanol–water partition coefficient (Wildman–Crippen LogP) is 1.20. The first-order valence-electron chi connectivity index (χ1n) is 6.51. The number of hydrogen-bond acceptors (Lipinski definition) is 4. The highest BCUT2D eigenvalue weighted by atomic mass is 15.3. The Balaban J connectivity index is 1.86. The van der Waals surface area contributed by atoms with E-state index in [4.69, 9.17) is 5.73 Å². The molecule has 1 saturated heterocycles. The molecule has 1 atom stereocenters. The van der Waals surface area contributed by atoms with Crippen LogP contribution in [0.4, 0.5) is 5.82 Å². The van der Waals surface area contributed by atoms with E-state index in [1.54, 1.807) is 0 Å². The summed E-state index contributed by atoms with van der Waals surface area (Å²) in [6.07, 6.45) is 3.50. The maximum Gasteiger partial charge on any atom is 0.162 e. The molecule has 0 radical (unpaired) electrons. The quantitative estimate of drug-likeness (QED) is 0.863. The molecule has 0 amide bonds. The van der Waals surface area contributed by atoms with Crippen molar-refractivity contribution in [2.75, 3.05) is 25.9 Å². The van der Waals surface area contributed by atoms with Crippen molar-refractivity contribution >= 4 is 11.5 Å². The van der Waals surface area contributed by atoms with Crippen molar-refractivity contribution in [2.24, 2.45) is 5.92 Å². The van der Waals surface area contributed by atoms with E-state index in [1.807, 2.05) is 22.6 Å². The lowest BCUT2D eigenvalue weighted by molar-refractivity contribution is 0.207. The predicted molar refractivity (Wildman–Crippen MR) is 71.3 cm³/mol. The largest absolute Gasteiger partial charge is 0.385 e. The standard InChI is InChI=1S/C13H19N5/c1-17-7-3-4-10(9-17)8-13-16-15-12-6-2-5-11(14)18(12)13/h2,5-6,10H,3-4,7-9,14H2,1H3. The number of nitrogen functional groups attached to an aromatic ring is 1. The third kappa shape index (κ3) is 2.06. The Morgan fingerprint density at radius 2 is 2.28 bits per heavy atom. The Hall–Kier alpha value is -1.62. The molecule has 96 valence electrons. The molecule has 1 aliphatic heterocycles. The van der Waals surface area contributed by atoms with Gasteiger partial charge in [0, 0.05) is 13.0 Å². The van der Waals surface area contributed by atoms with Crippen LogP contribution in [0.2, 0.25) is 0 Å². The number of fused-ring (bicyclic) bond motifs is 1. The van der Waals surface area contributed by atoms with Crippen molar-refractivity contribution in [2.45, 2.75) is 19.3 Å². The van der Waals surface area contributed by atoms with Gasteiger partial charge in [0.05, 0.1) is 0 Å². The highest BCUT2D eigenvalue weighted by Gasteiger charge is 2.20. The second-order valence-electron chi connectivity index (χ2n) is 5.24. The lowest BCUT2D eigenvalue weighted by Gasteiger charge is -2.29. The van der Waals surface area contributed by atoms with Crippen LogP contribution in [0.5, 0.6) is 0 Å². The zero-order valence-corrected chi connectivity index (χ0v) is 10.7. The summed E-state index contributed by atoms with van der Waals surface area (Å²) in [5.41, 5.74) is 6.85. The molecule has 2 N–H and O–H groups in total. The SMILES string of the molecule is CN1CCCC(Cc2nnc3cccc(N)n23)C1. The lowest BCUT2D eigenvalue weighted by Crippen LogP contribution is -2.33. The Morgan fingerprint density at radius 3 is 3.11 bits per heavy atom. The zero-order chi connectivity index (χ0) is 12.5. The molecule has 3 heterocycles. The van der Waals surface area contributed by atoms with Crippen molar-refractivity contribution in [3.63, 3.8) is 0 Å². The maximum atomic E-state index is 6.01. The third-order valence-electron chi connectivity index (χ3n) is 3.72. The molecule has 1 aliphatic rings. The Bertz CT molecular complexity index is 547. The number of pyridine rings is 1. The summed E-state index contributed by atoms with van der Waals surface area (Å²) in [6, 6.07) is 5.75. The van der Waals surface area contributed by atoms with Crippen molar-refractivity contribution in [1.29, 1.82) is 0 Å². The summed E-state index contributed by atoms with van der Waals surface area (Å²) in [4.78, 5) is 2.39. The summed E-state index contributed by atoms with van der Waals surface area (Å²) in [6.45, 7) is 2.35. The first-order chi connectivity index (χ1) is 8.74. The van der Waals surface area contributed by atoms with Crippen LogP contribution in [0, 0.1) is 5.92 Å². The summed E-state index contributed by atoms with van der Waals surface area (Å²) in [5.74, 6) is 2.37. The number of aromatic nitrogens is 3. The fourth-order valence-electron chi connectivity index (χ4n) is 2.86. The molecular formula is C13H19N5. The minimum absolute atomic E-state index is 0.663. The molecule has 0 aliphatic carbocycles. The molecule has 0 aromatic carbocycles. The highest BCUT2D eigenvalue weighted by molar-refractivity contribution is 5.47. The van der Waals surface area contributed by atoms with Crippen LogP contribution in [0.15, 0.2) is 18.2 Å². The van der Waals surface area contributed by atoms with Gasteiger partial charge in [-0.3, -0.25) is 4.40 Å². The number of nitrogens with two attached hydrogens (primary N) is 1. The van der Waals surface area contributed by atoms with Crippen LogP contribution in [-0.2, 0) is 6.42 Å². The van der Waals surface area contributed by atoms with Gasteiger partial charge < -0.3 is 10.6 Å². The van der Waals surface area contributed by atoms with Gasteiger partial charge in [0.1, 0.15) is 11.6 Å². The second kappa shape index (κ2) is 4.57. The van der Waals surface area contributed by atoms with Crippen molar-refractivity contribution in [3.8, 4) is 0 Å². The average molecular weight is 245 g/mol. The monoisotopic (exact) mass is 245 g/mol. The molecule has 2 aromatic heterocycles. The third-order valence-corrected chi connectivity index (χ3v) is 3.72. The lowest BCUT2D eigenvalue weighted by atomic mass is 9.95. The topological polar surface area (TPSA) is 59.5 Å². The minimum Gasteiger partial charge on any atom is -0.385 e. The van der Waals surface area contributed by atoms with Gasteiger partial charge in [-0.25, -0.2) is 0 Å². The molecular weight excluding hydrogens is 226 g/mol. The number of likely N-dealkylation sites (tertiary alicyclic amines) is 1. The van der Waals surface area contributed by atoms with Gasteiger partial charge in [-0.05, 0) is 44.5 Å². The normalized spacial score (nSPS) is 21.5. The smallest absolute Gasteiger partial charge is 0.162 e. The van der Waals surface area contributed by atoms with Gasteiger partial charge in [-0.1, -0.05) is 6.07 Å². The van der Waals surface area contributed by atoms with Crippen molar-refractivity contribution < 1.29 is 0 Å². The minimum atomic E-state index is 0.663. The van der Waals surface area contributed by atoms with Gasteiger partial charge in [0.2, 0.25) is 0 Å². The fraction of sp³-hybridized carbons (Fsp3) is 0.538. The summed E-state index contributed by atoms with van der Waals surface area (Å²) in [7, 11) is 2.18. The molecule has 3 rings (SSSR count). The molecule has 0 bridgehead atoms. The Morgan fingerprint density at radius 1 is 1.39 bits per heavy atom. The first kappa shape index (κ1) is 11.5. The van der Waals surface area contributed by atoms with Crippen molar-refractivity contribution in [1.82, 2.24) is 19.5 Å². The van der Waals surface area contributed by atoms with E-state index in [1.165, 1.54) is 19.4 Å². The van der Waals surface area contributed by atoms with E-state index in [9.17, 15) is 0 Å². The number of anilines is 1. The van der Waals surface area contributed by atoms with Crippen LogP contribution in [-0.4, -0.2) is 39.6 Å². The van der Waals surface area contributed by atoms with E-state index < -0.39 is 0 Å². The van der Waals surface area contributed by atoms with Crippen LogP contribution in [0.3, 0.4) is 0 Å². The summed E-state index contributed by atoms with van der Waals surface area (Å²) in [5, 5.41) is 8.47. The van der Waals surface area contributed by atoms with Crippen LogP contribution in [0.25, 0.3) is 5.65 Å². The molecule has 1 unspecified atom stereocenters.